The fraction of sp³-hybridized carbons (Fsp3) is 0.409. The summed E-state index contributed by atoms with van der Waals surface area (Å²) < 4.78 is 0. The third kappa shape index (κ3) is 4.02. The molecule has 2 fully saturated rings. The number of nitrogens with zero attached hydrogens (tertiary/aromatic N) is 3. The molecule has 0 spiro atoms. The van der Waals surface area contributed by atoms with Crippen LogP contribution >= 0.6 is 0 Å². The number of rotatable bonds is 4. The lowest BCUT2D eigenvalue weighted by atomic mass is 10.0. The number of anilines is 1. The van der Waals surface area contributed by atoms with Gasteiger partial charge in [-0.3, -0.25) is 14.6 Å². The zero-order valence-electron chi connectivity index (χ0n) is 15.5. The van der Waals surface area contributed by atoms with Gasteiger partial charge in [0.2, 0.25) is 5.91 Å². The summed E-state index contributed by atoms with van der Waals surface area (Å²) in [5, 5.41) is 0. The number of benzene rings is 1. The number of hydrogen-bond acceptors (Lipinski definition) is 3. The van der Waals surface area contributed by atoms with Crippen molar-refractivity contribution in [2.24, 2.45) is 5.92 Å². The maximum Gasteiger partial charge on any atom is 0.253 e. The topological polar surface area (TPSA) is 53.5 Å². The molecular formula is C22H25N3O2. The Kier molecular flexibility index (Phi) is 5.19. The predicted octanol–water partition coefficient (Wildman–Crippen LogP) is 3.30. The van der Waals surface area contributed by atoms with Crippen molar-refractivity contribution >= 4 is 17.5 Å². The summed E-state index contributed by atoms with van der Waals surface area (Å²) in [6.07, 6.45) is 6.35. The van der Waals surface area contributed by atoms with E-state index in [1.165, 1.54) is 6.42 Å². The summed E-state index contributed by atoms with van der Waals surface area (Å²) in [7, 11) is 0. The van der Waals surface area contributed by atoms with Gasteiger partial charge in [-0.15, -0.1) is 0 Å². The lowest BCUT2D eigenvalue weighted by Crippen LogP contribution is -2.35. The molecule has 2 aliphatic rings. The number of carbonyl (C=O) groups excluding carboxylic acids is 2. The van der Waals surface area contributed by atoms with Crippen molar-refractivity contribution in [3.63, 3.8) is 0 Å². The smallest absolute Gasteiger partial charge is 0.253 e. The normalized spacial score (nSPS) is 20.1. The van der Waals surface area contributed by atoms with Gasteiger partial charge in [-0.2, -0.15) is 0 Å². The highest BCUT2D eigenvalue weighted by Crippen LogP contribution is 2.27. The van der Waals surface area contributed by atoms with Crippen LogP contribution in [0.2, 0.25) is 0 Å². The fourth-order valence-electron chi connectivity index (χ4n) is 4.07. The summed E-state index contributed by atoms with van der Waals surface area (Å²) in [6, 6.07) is 13.5. The second-order valence-electron chi connectivity index (χ2n) is 7.50. The van der Waals surface area contributed by atoms with E-state index >= 15 is 0 Å². The number of para-hydroxylation sites is 1. The molecule has 2 aromatic rings. The van der Waals surface area contributed by atoms with Crippen LogP contribution in [-0.2, 0) is 11.2 Å². The van der Waals surface area contributed by atoms with Gasteiger partial charge in [0, 0.05) is 49.2 Å². The first-order valence-corrected chi connectivity index (χ1v) is 9.80. The number of pyridine rings is 1. The maximum atomic E-state index is 12.7. The molecule has 1 aromatic heterocycles. The van der Waals surface area contributed by atoms with Crippen LogP contribution in [-0.4, -0.2) is 41.3 Å². The number of amides is 2. The molecule has 0 N–H and O–H groups in total. The standard InChI is InChI=1S/C22H25N3O2/c26-21-14-17(16-25(21)20-7-3-1-4-8-20)13-19-15-18(9-10-23-19)22(27)24-11-5-2-6-12-24/h1,3-4,7-10,15,17H,2,5-6,11-14,16H2/t17-/m1/s1. The van der Waals surface area contributed by atoms with Crippen molar-refractivity contribution in [2.45, 2.75) is 32.1 Å². The second-order valence-corrected chi connectivity index (χ2v) is 7.50. The lowest BCUT2D eigenvalue weighted by Gasteiger charge is -2.26. The van der Waals surface area contributed by atoms with Crippen LogP contribution in [0.4, 0.5) is 5.69 Å². The van der Waals surface area contributed by atoms with Gasteiger partial charge in [0.15, 0.2) is 0 Å². The van der Waals surface area contributed by atoms with Crippen LogP contribution < -0.4 is 4.90 Å². The molecule has 4 rings (SSSR count). The summed E-state index contributed by atoms with van der Waals surface area (Å²) in [6.45, 7) is 2.40. The van der Waals surface area contributed by atoms with E-state index in [2.05, 4.69) is 4.98 Å². The van der Waals surface area contributed by atoms with Crippen molar-refractivity contribution in [1.82, 2.24) is 9.88 Å². The molecule has 0 saturated carbocycles. The third-order valence-electron chi connectivity index (χ3n) is 5.48. The van der Waals surface area contributed by atoms with Crippen LogP contribution in [0.5, 0.6) is 0 Å². The van der Waals surface area contributed by atoms with Crippen LogP contribution in [0.25, 0.3) is 0 Å². The molecule has 2 saturated heterocycles. The Balaban J connectivity index is 1.43. The van der Waals surface area contributed by atoms with E-state index in [-0.39, 0.29) is 17.7 Å². The van der Waals surface area contributed by atoms with Gasteiger partial charge in [0.1, 0.15) is 0 Å². The Morgan fingerprint density at radius 3 is 2.63 bits per heavy atom. The molecule has 140 valence electrons. The summed E-state index contributed by atoms with van der Waals surface area (Å²) >= 11 is 0. The highest BCUT2D eigenvalue weighted by Gasteiger charge is 2.31. The number of carbonyl (C=O) groups is 2. The van der Waals surface area contributed by atoms with Gasteiger partial charge in [0.25, 0.3) is 5.91 Å². The quantitative estimate of drug-likeness (QED) is 0.837. The van der Waals surface area contributed by atoms with E-state index < -0.39 is 0 Å². The predicted molar refractivity (Wildman–Crippen MR) is 105 cm³/mol. The van der Waals surface area contributed by atoms with Gasteiger partial charge in [-0.05, 0) is 55.9 Å². The van der Waals surface area contributed by atoms with Gasteiger partial charge < -0.3 is 9.80 Å². The van der Waals surface area contributed by atoms with Crippen LogP contribution in [0.15, 0.2) is 48.7 Å². The van der Waals surface area contributed by atoms with E-state index in [0.717, 1.165) is 43.7 Å². The monoisotopic (exact) mass is 363 g/mol. The van der Waals surface area contributed by atoms with Crippen LogP contribution in [0, 0.1) is 5.92 Å². The molecule has 3 heterocycles. The van der Waals surface area contributed by atoms with Gasteiger partial charge in [-0.1, -0.05) is 18.2 Å². The first-order valence-electron chi connectivity index (χ1n) is 9.80. The molecule has 27 heavy (non-hydrogen) atoms. The summed E-state index contributed by atoms with van der Waals surface area (Å²) in [4.78, 5) is 33.4. The van der Waals surface area contributed by atoms with Crippen molar-refractivity contribution in [3.05, 3.63) is 59.9 Å². The molecule has 5 nitrogen and oxygen atoms in total. The molecule has 0 radical (unpaired) electrons. The largest absolute Gasteiger partial charge is 0.339 e. The first kappa shape index (κ1) is 17.7. The average Bonchev–Trinajstić information content (AvgIpc) is 3.09. The molecule has 1 atom stereocenters. The maximum absolute atomic E-state index is 12.7. The molecule has 0 bridgehead atoms. The SMILES string of the molecule is O=C(c1ccnc(C[C@@H]2CC(=O)N(c3ccccc3)C2)c1)N1CCCCC1. The number of piperidine rings is 1. The first-order chi connectivity index (χ1) is 13.2. The highest BCUT2D eigenvalue weighted by molar-refractivity contribution is 5.96. The zero-order chi connectivity index (χ0) is 18.6. The molecule has 1 aromatic carbocycles. The van der Waals surface area contributed by atoms with Crippen LogP contribution in [0.1, 0.15) is 41.7 Å². The van der Waals surface area contributed by atoms with Gasteiger partial charge in [0.05, 0.1) is 0 Å². The summed E-state index contributed by atoms with van der Waals surface area (Å²) in [5.41, 5.74) is 2.56. The minimum atomic E-state index is 0.103. The molecule has 2 amide bonds. The van der Waals surface area contributed by atoms with Crippen molar-refractivity contribution in [1.29, 1.82) is 0 Å². The van der Waals surface area contributed by atoms with Gasteiger partial charge >= 0.3 is 0 Å². The Labute approximate surface area is 160 Å². The van der Waals surface area contributed by atoms with E-state index in [9.17, 15) is 9.59 Å². The third-order valence-corrected chi connectivity index (χ3v) is 5.48. The Morgan fingerprint density at radius 1 is 1.07 bits per heavy atom. The number of aromatic nitrogens is 1. The minimum Gasteiger partial charge on any atom is -0.339 e. The second kappa shape index (κ2) is 7.91. The van der Waals surface area contributed by atoms with E-state index in [4.69, 9.17) is 0 Å². The number of likely N-dealkylation sites (tertiary alicyclic amines) is 1. The van der Waals surface area contributed by atoms with E-state index in [1.807, 2.05) is 46.2 Å². The van der Waals surface area contributed by atoms with E-state index in [1.54, 1.807) is 12.3 Å². The molecule has 5 heteroatoms. The minimum absolute atomic E-state index is 0.103. The van der Waals surface area contributed by atoms with Crippen LogP contribution in [0.3, 0.4) is 0 Å². The van der Waals surface area contributed by atoms with Gasteiger partial charge in [-0.25, -0.2) is 0 Å². The highest BCUT2D eigenvalue weighted by atomic mass is 16.2. The van der Waals surface area contributed by atoms with E-state index in [0.29, 0.717) is 18.5 Å². The average molecular weight is 363 g/mol. The Bertz CT molecular complexity index is 815. The zero-order valence-corrected chi connectivity index (χ0v) is 15.5. The van der Waals surface area contributed by atoms with Crippen molar-refractivity contribution in [3.8, 4) is 0 Å². The molecular weight excluding hydrogens is 338 g/mol. The Hall–Kier alpha value is -2.69. The number of hydrogen-bond donors (Lipinski definition) is 0. The lowest BCUT2D eigenvalue weighted by molar-refractivity contribution is -0.117. The van der Waals surface area contributed by atoms with Crippen molar-refractivity contribution < 1.29 is 9.59 Å². The Morgan fingerprint density at radius 2 is 1.85 bits per heavy atom. The van der Waals surface area contributed by atoms with Crippen molar-refractivity contribution in [2.75, 3.05) is 24.5 Å². The molecule has 0 aliphatic carbocycles. The molecule has 0 unspecified atom stereocenters. The molecule has 2 aliphatic heterocycles. The summed E-state index contributed by atoms with van der Waals surface area (Å²) in [5.74, 6) is 0.490. The fourth-order valence-corrected chi connectivity index (χ4v) is 4.07.